The molecule has 0 aliphatic heterocycles. The first-order valence-electron chi connectivity index (χ1n) is 6.43. The number of benzene rings is 1. The average molecular weight is 265 g/mol. The van der Waals surface area contributed by atoms with Crippen molar-refractivity contribution in [1.82, 2.24) is 20.2 Å². The Hall–Kier alpha value is -2.69. The fraction of sp³-hybridized carbons (Fsp3) is 0.133. The highest BCUT2D eigenvalue weighted by molar-refractivity contribution is 5.52. The lowest BCUT2D eigenvalue weighted by molar-refractivity contribution is 0.955. The van der Waals surface area contributed by atoms with Crippen LogP contribution in [-0.4, -0.2) is 20.2 Å². The molecule has 0 spiro atoms. The summed E-state index contributed by atoms with van der Waals surface area (Å²) in [7, 11) is 0. The molecule has 0 radical (unpaired) electrons. The first-order chi connectivity index (χ1) is 9.81. The Bertz CT molecular complexity index is 673. The van der Waals surface area contributed by atoms with Crippen LogP contribution >= 0.6 is 0 Å². The molecule has 2 heterocycles. The van der Waals surface area contributed by atoms with E-state index in [2.05, 4.69) is 44.5 Å². The molecular formula is C15H15N5. The number of rotatable bonds is 4. The molecule has 0 saturated carbocycles. The summed E-state index contributed by atoms with van der Waals surface area (Å²) in [5.41, 5.74) is 3.22. The summed E-state index contributed by atoms with van der Waals surface area (Å²) in [5.74, 6) is 1.46. The molecule has 1 aromatic carbocycles. The van der Waals surface area contributed by atoms with Crippen molar-refractivity contribution >= 4 is 5.69 Å². The van der Waals surface area contributed by atoms with Crippen molar-refractivity contribution in [2.75, 3.05) is 5.32 Å². The van der Waals surface area contributed by atoms with E-state index in [0.717, 1.165) is 17.1 Å². The van der Waals surface area contributed by atoms with Crippen molar-refractivity contribution in [1.29, 1.82) is 0 Å². The number of aromatic amines is 1. The van der Waals surface area contributed by atoms with Crippen molar-refractivity contribution in [3.63, 3.8) is 0 Å². The zero-order valence-electron chi connectivity index (χ0n) is 11.2. The number of pyridine rings is 1. The van der Waals surface area contributed by atoms with E-state index in [9.17, 15) is 0 Å². The summed E-state index contributed by atoms with van der Waals surface area (Å²) in [5, 5.41) is 10.4. The van der Waals surface area contributed by atoms with Gasteiger partial charge in [0.1, 0.15) is 5.82 Å². The molecule has 2 N–H and O–H groups in total. The van der Waals surface area contributed by atoms with Crippen LogP contribution in [0.2, 0.25) is 0 Å². The molecule has 2 aromatic heterocycles. The summed E-state index contributed by atoms with van der Waals surface area (Å²) >= 11 is 0. The van der Waals surface area contributed by atoms with Gasteiger partial charge in [0.25, 0.3) is 0 Å². The monoisotopic (exact) mass is 265 g/mol. The second kappa shape index (κ2) is 5.52. The van der Waals surface area contributed by atoms with E-state index in [0.29, 0.717) is 12.4 Å². The second-order valence-corrected chi connectivity index (χ2v) is 4.57. The van der Waals surface area contributed by atoms with Crippen molar-refractivity contribution in [3.05, 3.63) is 60.2 Å². The smallest absolute Gasteiger partial charge is 0.182 e. The third-order valence-corrected chi connectivity index (χ3v) is 2.96. The van der Waals surface area contributed by atoms with Crippen molar-refractivity contribution in [2.24, 2.45) is 0 Å². The standard InChI is InChI=1S/C15H15N5/c1-11-4-6-13(7-5-11)17-10-14-18-15(20-19-14)12-3-2-8-16-9-12/h2-9,17H,10H2,1H3,(H,18,19,20). The van der Waals surface area contributed by atoms with E-state index in [4.69, 9.17) is 0 Å². The van der Waals surface area contributed by atoms with Gasteiger partial charge in [-0.15, -0.1) is 0 Å². The fourth-order valence-corrected chi connectivity index (χ4v) is 1.86. The number of aryl methyl sites for hydroxylation is 1. The van der Waals surface area contributed by atoms with E-state index in [1.54, 1.807) is 12.4 Å². The molecule has 20 heavy (non-hydrogen) atoms. The Kier molecular flexibility index (Phi) is 3.41. The Morgan fingerprint density at radius 1 is 1.15 bits per heavy atom. The van der Waals surface area contributed by atoms with Crippen LogP contribution in [0.4, 0.5) is 5.69 Å². The molecule has 0 fully saturated rings. The van der Waals surface area contributed by atoms with Crippen LogP contribution in [0, 0.1) is 6.92 Å². The molecule has 5 nitrogen and oxygen atoms in total. The van der Waals surface area contributed by atoms with Crippen LogP contribution in [0.25, 0.3) is 11.4 Å². The van der Waals surface area contributed by atoms with Gasteiger partial charge in [-0.05, 0) is 31.2 Å². The molecule has 3 rings (SSSR count). The van der Waals surface area contributed by atoms with E-state index in [1.165, 1.54) is 5.56 Å². The van der Waals surface area contributed by atoms with Gasteiger partial charge in [0.2, 0.25) is 0 Å². The Morgan fingerprint density at radius 3 is 2.75 bits per heavy atom. The lowest BCUT2D eigenvalue weighted by atomic mass is 10.2. The van der Waals surface area contributed by atoms with Crippen LogP contribution < -0.4 is 5.32 Å². The molecule has 3 aromatic rings. The lowest BCUT2D eigenvalue weighted by Gasteiger charge is -2.03. The van der Waals surface area contributed by atoms with Gasteiger partial charge in [0.05, 0.1) is 6.54 Å². The van der Waals surface area contributed by atoms with E-state index >= 15 is 0 Å². The van der Waals surface area contributed by atoms with Gasteiger partial charge in [-0.3, -0.25) is 10.1 Å². The highest BCUT2D eigenvalue weighted by Crippen LogP contribution is 2.13. The van der Waals surface area contributed by atoms with E-state index in [-0.39, 0.29) is 0 Å². The normalized spacial score (nSPS) is 10.4. The quantitative estimate of drug-likeness (QED) is 0.761. The molecule has 100 valence electrons. The molecule has 0 amide bonds. The lowest BCUT2D eigenvalue weighted by Crippen LogP contribution is -2.01. The summed E-state index contributed by atoms with van der Waals surface area (Å²) in [6.45, 7) is 2.68. The maximum Gasteiger partial charge on any atom is 0.182 e. The molecule has 0 aliphatic carbocycles. The highest BCUT2D eigenvalue weighted by Gasteiger charge is 2.05. The predicted octanol–water partition coefficient (Wildman–Crippen LogP) is 2.79. The minimum atomic E-state index is 0.607. The Balaban J connectivity index is 1.67. The number of nitrogens with one attached hydrogen (secondary N) is 2. The third kappa shape index (κ3) is 2.83. The summed E-state index contributed by atoms with van der Waals surface area (Å²) < 4.78 is 0. The van der Waals surface area contributed by atoms with E-state index < -0.39 is 0 Å². The zero-order chi connectivity index (χ0) is 13.8. The van der Waals surface area contributed by atoms with Crippen LogP contribution in [0.15, 0.2) is 48.8 Å². The van der Waals surface area contributed by atoms with Crippen molar-refractivity contribution in [2.45, 2.75) is 13.5 Å². The van der Waals surface area contributed by atoms with Crippen molar-refractivity contribution in [3.8, 4) is 11.4 Å². The van der Waals surface area contributed by atoms with Gasteiger partial charge in [-0.25, -0.2) is 4.98 Å². The number of hydrogen-bond acceptors (Lipinski definition) is 4. The minimum absolute atomic E-state index is 0.607. The van der Waals surface area contributed by atoms with Gasteiger partial charge < -0.3 is 5.32 Å². The van der Waals surface area contributed by atoms with Gasteiger partial charge in [-0.2, -0.15) is 5.10 Å². The highest BCUT2D eigenvalue weighted by atomic mass is 15.2. The van der Waals surface area contributed by atoms with Gasteiger partial charge in [-0.1, -0.05) is 17.7 Å². The molecule has 0 unspecified atom stereocenters. The fourth-order valence-electron chi connectivity index (χ4n) is 1.86. The van der Waals surface area contributed by atoms with E-state index in [1.807, 2.05) is 24.3 Å². The largest absolute Gasteiger partial charge is 0.378 e. The van der Waals surface area contributed by atoms with Crippen LogP contribution in [-0.2, 0) is 6.54 Å². The molecular weight excluding hydrogens is 250 g/mol. The number of nitrogens with zero attached hydrogens (tertiary/aromatic N) is 3. The third-order valence-electron chi connectivity index (χ3n) is 2.96. The van der Waals surface area contributed by atoms with Crippen LogP contribution in [0.3, 0.4) is 0 Å². The SMILES string of the molecule is Cc1ccc(NCc2nc(-c3cccnc3)n[nH]2)cc1. The summed E-state index contributed by atoms with van der Waals surface area (Å²) in [4.78, 5) is 8.51. The maximum atomic E-state index is 4.44. The van der Waals surface area contributed by atoms with Crippen molar-refractivity contribution < 1.29 is 0 Å². The predicted molar refractivity (Wildman–Crippen MR) is 78.1 cm³/mol. The average Bonchev–Trinajstić information content (AvgIpc) is 2.97. The number of aromatic nitrogens is 4. The van der Waals surface area contributed by atoms with Crippen LogP contribution in [0.1, 0.15) is 11.4 Å². The molecule has 0 saturated heterocycles. The summed E-state index contributed by atoms with van der Waals surface area (Å²) in [6.07, 6.45) is 3.48. The Labute approximate surface area is 117 Å². The topological polar surface area (TPSA) is 66.5 Å². The number of anilines is 1. The molecule has 5 heteroatoms. The first kappa shape index (κ1) is 12.3. The number of H-pyrrole nitrogens is 1. The molecule has 0 bridgehead atoms. The van der Waals surface area contributed by atoms with Gasteiger partial charge in [0.15, 0.2) is 5.82 Å². The number of hydrogen-bond donors (Lipinski definition) is 2. The second-order valence-electron chi connectivity index (χ2n) is 4.57. The van der Waals surface area contributed by atoms with Crippen LogP contribution in [0.5, 0.6) is 0 Å². The zero-order valence-corrected chi connectivity index (χ0v) is 11.2. The molecule has 0 aliphatic rings. The minimum Gasteiger partial charge on any atom is -0.378 e. The first-order valence-corrected chi connectivity index (χ1v) is 6.43. The summed E-state index contributed by atoms with van der Waals surface area (Å²) in [6, 6.07) is 12.1. The Morgan fingerprint density at radius 2 is 2.00 bits per heavy atom. The van der Waals surface area contributed by atoms with Gasteiger partial charge >= 0.3 is 0 Å². The maximum absolute atomic E-state index is 4.44. The van der Waals surface area contributed by atoms with Gasteiger partial charge in [0, 0.05) is 23.6 Å². The molecule has 0 atom stereocenters.